The summed E-state index contributed by atoms with van der Waals surface area (Å²) in [6, 6.07) is 1.82. The van der Waals surface area contributed by atoms with E-state index < -0.39 is 23.5 Å². The van der Waals surface area contributed by atoms with E-state index in [1.807, 2.05) is 0 Å². The highest BCUT2D eigenvalue weighted by atomic mass is 16.5. The number of hydrogen-bond acceptors (Lipinski definition) is 5. The van der Waals surface area contributed by atoms with E-state index in [2.05, 4.69) is 50.9 Å². The third-order valence-electron chi connectivity index (χ3n) is 6.04. The van der Waals surface area contributed by atoms with Crippen molar-refractivity contribution in [2.24, 2.45) is 17.1 Å². The van der Waals surface area contributed by atoms with Gasteiger partial charge >= 0.3 is 6.03 Å². The maximum atomic E-state index is 13.4. The second kappa shape index (κ2) is 9.31. The van der Waals surface area contributed by atoms with Crippen molar-refractivity contribution in [2.45, 2.75) is 71.5 Å². The lowest BCUT2D eigenvalue weighted by molar-refractivity contribution is -0.132. The molecule has 0 spiro atoms. The van der Waals surface area contributed by atoms with E-state index >= 15 is 0 Å². The number of rotatable bonds is 5. The van der Waals surface area contributed by atoms with Crippen LogP contribution >= 0.6 is 0 Å². The molecule has 8 heteroatoms. The molecule has 2 atom stereocenters. The smallest absolute Gasteiger partial charge is 0.315 e. The number of hydrogen-bond donors (Lipinski definition) is 2. The summed E-state index contributed by atoms with van der Waals surface area (Å²) in [5.41, 5.74) is 4.58. The maximum Gasteiger partial charge on any atom is 0.315 e. The van der Waals surface area contributed by atoms with Gasteiger partial charge in [-0.2, -0.15) is 5.26 Å². The number of likely N-dealkylation sites (tertiary alicyclic amines) is 1. The van der Waals surface area contributed by atoms with E-state index in [1.165, 1.54) is 0 Å². The monoisotopic (exact) mass is 407 g/mol. The number of carbonyl (C=O) groups is 2. The van der Waals surface area contributed by atoms with Crippen molar-refractivity contribution in [1.29, 1.82) is 5.26 Å². The molecule has 29 heavy (non-hydrogen) atoms. The first-order valence-electron chi connectivity index (χ1n) is 10.6. The van der Waals surface area contributed by atoms with Crippen molar-refractivity contribution >= 4 is 11.9 Å². The summed E-state index contributed by atoms with van der Waals surface area (Å²) in [4.78, 5) is 29.3. The fraction of sp³-hybridized carbons (Fsp3) is 0.857. The molecule has 164 valence electrons. The van der Waals surface area contributed by atoms with Gasteiger partial charge in [0.05, 0.1) is 31.2 Å². The highest BCUT2D eigenvalue weighted by molar-refractivity contribution is 5.82. The molecule has 2 unspecified atom stereocenters. The van der Waals surface area contributed by atoms with Crippen molar-refractivity contribution in [1.82, 2.24) is 15.1 Å². The molecule has 0 bridgehead atoms. The zero-order valence-electron chi connectivity index (χ0n) is 18.5. The first kappa shape index (κ1) is 23.4. The second-order valence-electron chi connectivity index (χ2n) is 9.86. The fourth-order valence-electron chi connectivity index (χ4n) is 4.31. The Hall–Kier alpha value is -1.85. The van der Waals surface area contributed by atoms with Gasteiger partial charge in [-0.15, -0.1) is 0 Å². The van der Waals surface area contributed by atoms with Gasteiger partial charge in [0.1, 0.15) is 5.54 Å². The van der Waals surface area contributed by atoms with Crippen LogP contribution in [0.15, 0.2) is 0 Å². The SMILES string of the molecule is CC(C)N1CCC(C#N)(NC(=O)C(CC(C)(C)C)C2COCCN2C(N)=O)CC1. The molecular formula is C21H37N5O3. The Morgan fingerprint density at radius 2 is 1.90 bits per heavy atom. The maximum absolute atomic E-state index is 13.4. The Kier molecular flexibility index (Phi) is 7.52. The van der Waals surface area contributed by atoms with E-state index in [1.54, 1.807) is 4.90 Å². The molecule has 0 radical (unpaired) electrons. The van der Waals surface area contributed by atoms with Crippen molar-refractivity contribution in [3.8, 4) is 6.07 Å². The lowest BCUT2D eigenvalue weighted by atomic mass is 9.79. The molecule has 2 rings (SSSR count). The van der Waals surface area contributed by atoms with E-state index in [9.17, 15) is 14.9 Å². The second-order valence-corrected chi connectivity index (χ2v) is 9.86. The van der Waals surface area contributed by atoms with E-state index in [4.69, 9.17) is 10.5 Å². The third-order valence-corrected chi connectivity index (χ3v) is 6.04. The van der Waals surface area contributed by atoms with Crippen molar-refractivity contribution in [3.63, 3.8) is 0 Å². The zero-order valence-corrected chi connectivity index (χ0v) is 18.5. The molecule has 8 nitrogen and oxygen atoms in total. The number of nitrogens with one attached hydrogen (secondary N) is 1. The molecule has 2 heterocycles. The van der Waals surface area contributed by atoms with E-state index in [-0.39, 0.29) is 17.9 Å². The first-order valence-corrected chi connectivity index (χ1v) is 10.6. The summed E-state index contributed by atoms with van der Waals surface area (Å²) in [6.45, 7) is 13.1. The van der Waals surface area contributed by atoms with Crippen LogP contribution in [0.2, 0.25) is 0 Å². The highest BCUT2D eigenvalue weighted by Crippen LogP contribution is 2.31. The summed E-state index contributed by atoms with van der Waals surface area (Å²) in [5, 5.41) is 12.9. The van der Waals surface area contributed by atoms with Crippen LogP contribution < -0.4 is 11.1 Å². The Morgan fingerprint density at radius 1 is 1.28 bits per heavy atom. The summed E-state index contributed by atoms with van der Waals surface area (Å²) in [6.07, 6.45) is 1.75. The predicted molar refractivity (Wildman–Crippen MR) is 111 cm³/mol. The molecule has 0 aromatic heterocycles. The Morgan fingerprint density at radius 3 is 2.38 bits per heavy atom. The van der Waals surface area contributed by atoms with Crippen molar-refractivity contribution in [2.75, 3.05) is 32.8 Å². The van der Waals surface area contributed by atoms with E-state index in [0.29, 0.717) is 38.5 Å². The van der Waals surface area contributed by atoms with Crippen LogP contribution in [0.5, 0.6) is 0 Å². The van der Waals surface area contributed by atoms with Gasteiger partial charge in [0.15, 0.2) is 0 Å². The van der Waals surface area contributed by atoms with Crippen molar-refractivity contribution in [3.05, 3.63) is 0 Å². The molecule has 0 aromatic carbocycles. The summed E-state index contributed by atoms with van der Waals surface area (Å²) < 4.78 is 5.59. The minimum atomic E-state index is -0.869. The number of piperidine rings is 1. The van der Waals surface area contributed by atoms with Crippen LogP contribution in [0, 0.1) is 22.7 Å². The van der Waals surface area contributed by atoms with Crippen LogP contribution in [0.1, 0.15) is 53.9 Å². The molecule has 0 aromatic rings. The van der Waals surface area contributed by atoms with Gasteiger partial charge in [-0.25, -0.2) is 4.79 Å². The van der Waals surface area contributed by atoms with Gasteiger partial charge in [0.2, 0.25) is 5.91 Å². The molecular weight excluding hydrogens is 370 g/mol. The molecule has 3 N–H and O–H groups in total. The molecule has 2 saturated heterocycles. The van der Waals surface area contributed by atoms with Crippen LogP contribution in [0.3, 0.4) is 0 Å². The predicted octanol–water partition coefficient (Wildman–Crippen LogP) is 1.70. The fourth-order valence-corrected chi connectivity index (χ4v) is 4.31. The summed E-state index contributed by atoms with van der Waals surface area (Å²) in [7, 11) is 0. The topological polar surface area (TPSA) is 112 Å². The van der Waals surface area contributed by atoms with Crippen LogP contribution in [-0.4, -0.2) is 72.2 Å². The normalized spacial score (nSPS) is 24.0. The lowest BCUT2D eigenvalue weighted by Crippen LogP contribution is -2.61. The molecule has 2 aliphatic rings. The Bertz CT molecular complexity index is 629. The third kappa shape index (κ3) is 6.06. The number of carbonyl (C=O) groups excluding carboxylic acids is 2. The average Bonchev–Trinajstić information content (AvgIpc) is 2.65. The van der Waals surface area contributed by atoms with Gasteiger partial charge in [-0.1, -0.05) is 20.8 Å². The van der Waals surface area contributed by atoms with Gasteiger partial charge in [-0.05, 0) is 38.5 Å². The number of amides is 3. The highest BCUT2D eigenvalue weighted by Gasteiger charge is 2.43. The van der Waals surface area contributed by atoms with Crippen molar-refractivity contribution < 1.29 is 14.3 Å². The van der Waals surface area contributed by atoms with Crippen LogP contribution in [0.25, 0.3) is 0 Å². The number of primary amides is 1. The number of urea groups is 1. The van der Waals surface area contributed by atoms with Crippen LogP contribution in [-0.2, 0) is 9.53 Å². The molecule has 0 aliphatic carbocycles. The molecule has 3 amide bonds. The number of morpholine rings is 1. The number of nitrogens with two attached hydrogens (primary N) is 1. The number of nitrogens with zero attached hydrogens (tertiary/aromatic N) is 3. The first-order chi connectivity index (χ1) is 13.5. The van der Waals surface area contributed by atoms with E-state index in [0.717, 1.165) is 13.1 Å². The summed E-state index contributed by atoms with van der Waals surface area (Å²) in [5.74, 6) is -0.683. The largest absolute Gasteiger partial charge is 0.377 e. The minimum Gasteiger partial charge on any atom is -0.377 e. The van der Waals surface area contributed by atoms with Gasteiger partial charge < -0.3 is 25.6 Å². The number of ether oxygens (including phenoxy) is 1. The van der Waals surface area contributed by atoms with Gasteiger partial charge in [0.25, 0.3) is 0 Å². The van der Waals surface area contributed by atoms with Gasteiger partial charge in [0, 0.05) is 25.7 Å². The minimum absolute atomic E-state index is 0.135. The molecule has 2 fully saturated rings. The Labute approximate surface area is 174 Å². The Balaban J connectivity index is 2.21. The lowest BCUT2D eigenvalue weighted by Gasteiger charge is -2.43. The molecule has 0 saturated carbocycles. The molecule has 2 aliphatic heterocycles. The number of nitriles is 1. The summed E-state index contributed by atoms with van der Waals surface area (Å²) >= 11 is 0. The standard InChI is InChI=1S/C21H37N5O3/c1-15(2)25-8-6-21(14-22,7-9-25)24-18(27)16(12-20(3,4)5)17-13-29-11-10-26(17)19(23)28/h15-17H,6-13H2,1-5H3,(H2,23,28)(H,24,27). The van der Waals surface area contributed by atoms with Crippen LogP contribution in [0.4, 0.5) is 4.79 Å². The zero-order chi connectivity index (χ0) is 21.8. The average molecular weight is 408 g/mol. The van der Waals surface area contributed by atoms with Gasteiger partial charge in [-0.3, -0.25) is 4.79 Å². The quantitative estimate of drug-likeness (QED) is 0.720.